The van der Waals surface area contributed by atoms with Crippen LogP contribution in [-0.4, -0.2) is 15.3 Å². The van der Waals surface area contributed by atoms with Gasteiger partial charge in [0.1, 0.15) is 0 Å². The van der Waals surface area contributed by atoms with Gasteiger partial charge in [-0.05, 0) is 0 Å². The second-order valence-corrected chi connectivity index (χ2v) is 0.671. The minimum Gasteiger partial charge on any atom is -0.356 e. The maximum absolute atomic E-state index is 8.25. The molecule has 15 heteroatoms. The first-order chi connectivity index (χ1) is 5.20. The average molecular weight is 356 g/mol. The van der Waals surface area contributed by atoms with Gasteiger partial charge in [0.05, 0.1) is 15.3 Å². The molecule has 0 aromatic rings. The summed E-state index contributed by atoms with van der Waals surface area (Å²) in [5.74, 6) is 0. The molecule has 0 unspecified atom stereocenters. The van der Waals surface area contributed by atoms with Crippen LogP contribution in [0.3, 0.4) is 0 Å². The van der Waals surface area contributed by atoms with Crippen LogP contribution < -0.4 is 0 Å². The van der Waals surface area contributed by atoms with Crippen molar-refractivity contribution < 1.29 is 66.2 Å². The first kappa shape index (κ1) is 36.8. The predicted octanol–water partition coefficient (Wildman–Crippen LogP) is -0.725. The molecule has 12 nitrogen and oxygen atoms in total. The van der Waals surface area contributed by atoms with Gasteiger partial charge in [-0.3, -0.25) is 0 Å². The summed E-state index contributed by atoms with van der Waals surface area (Å²) in [6.07, 6.45) is 0. The molecule has 15 heavy (non-hydrogen) atoms. The second-order valence-electron chi connectivity index (χ2n) is 0.671. The van der Waals surface area contributed by atoms with Crippen molar-refractivity contribution >= 4 is 0 Å². The van der Waals surface area contributed by atoms with E-state index in [9.17, 15) is 0 Å². The van der Waals surface area contributed by atoms with Crippen molar-refractivity contribution in [2.24, 2.45) is 0 Å². The fourth-order valence-corrected chi connectivity index (χ4v) is 0. The molecule has 90 valence electrons. The maximum Gasteiger partial charge on any atom is 2.00 e. The monoisotopic (exact) mass is 356 g/mol. The van der Waals surface area contributed by atoms with Crippen molar-refractivity contribution in [3.05, 3.63) is 46.0 Å². The van der Waals surface area contributed by atoms with E-state index in [1.165, 1.54) is 0 Å². The summed E-state index contributed by atoms with van der Waals surface area (Å²) in [5.41, 5.74) is 0. The molecular formula is CoFeMnN3O9+3. The van der Waals surface area contributed by atoms with Crippen molar-refractivity contribution in [1.82, 2.24) is 0 Å². The number of nitrogens with zero attached hydrogens (tertiary/aromatic N) is 3. The third kappa shape index (κ3) is 2240. The van der Waals surface area contributed by atoms with Crippen LogP contribution >= 0.6 is 0 Å². The van der Waals surface area contributed by atoms with Crippen LogP contribution in [0.4, 0.5) is 0 Å². The second kappa shape index (κ2) is 29.2. The summed E-state index contributed by atoms with van der Waals surface area (Å²) in [5, 5.41) is 44.2. The topological polar surface area (TPSA) is 199 Å². The van der Waals surface area contributed by atoms with E-state index in [1.54, 1.807) is 0 Å². The zero-order valence-electron chi connectivity index (χ0n) is 6.08. The van der Waals surface area contributed by atoms with Crippen LogP contribution in [-0.2, 0) is 50.9 Å². The molecule has 0 saturated carbocycles. The Morgan fingerprint density at radius 1 is 0.600 bits per heavy atom. The third-order valence-electron chi connectivity index (χ3n) is 0. The molecule has 0 saturated heterocycles. The van der Waals surface area contributed by atoms with Crippen LogP contribution in [0.15, 0.2) is 0 Å². The zero-order chi connectivity index (χ0) is 10.7. The zero-order valence-corrected chi connectivity index (χ0v) is 9.41. The number of hydrogen-bond donors (Lipinski definition) is 0. The van der Waals surface area contributed by atoms with Crippen molar-refractivity contribution in [3.63, 3.8) is 0 Å². The maximum atomic E-state index is 8.25. The number of hydrogen-bond acceptors (Lipinski definition) is 9. The van der Waals surface area contributed by atoms with Crippen LogP contribution in [0.5, 0.6) is 0 Å². The molecular weight excluding hydrogens is 356 g/mol. The summed E-state index contributed by atoms with van der Waals surface area (Å²) >= 11 is 0. The molecule has 0 bridgehead atoms. The van der Waals surface area contributed by atoms with Crippen molar-refractivity contribution in [1.29, 1.82) is 0 Å². The molecule has 0 aliphatic rings. The quantitative estimate of drug-likeness (QED) is 0.305. The van der Waals surface area contributed by atoms with Gasteiger partial charge in [-0.1, -0.05) is 0 Å². The Bertz CT molecular complexity index is 123. The normalized spacial score (nSPS) is 4.80. The van der Waals surface area contributed by atoms with Crippen LogP contribution in [0.2, 0.25) is 0 Å². The first-order valence-corrected chi connectivity index (χ1v) is 1.64. The molecule has 0 fully saturated rings. The van der Waals surface area contributed by atoms with Crippen molar-refractivity contribution in [2.45, 2.75) is 0 Å². The standard InChI is InChI=1S/Co.Fe.Mn.3NO3/c;;;3*2-1(3)4/q3*+2;3*-1. The van der Waals surface area contributed by atoms with E-state index < -0.39 is 15.3 Å². The fraction of sp³-hybridized carbons (Fsp3) is 0. The van der Waals surface area contributed by atoms with E-state index in [2.05, 4.69) is 0 Å². The molecule has 0 heterocycles. The van der Waals surface area contributed by atoms with Crippen LogP contribution in [0.1, 0.15) is 0 Å². The van der Waals surface area contributed by atoms with Gasteiger partial charge >= 0.3 is 50.9 Å². The molecule has 0 aliphatic carbocycles. The van der Waals surface area contributed by atoms with E-state index in [4.69, 9.17) is 46.0 Å². The Morgan fingerprint density at radius 3 is 0.600 bits per heavy atom. The van der Waals surface area contributed by atoms with Gasteiger partial charge in [0.2, 0.25) is 0 Å². The Hall–Kier alpha value is -0.855. The van der Waals surface area contributed by atoms with Crippen molar-refractivity contribution in [2.75, 3.05) is 0 Å². The molecule has 0 atom stereocenters. The smallest absolute Gasteiger partial charge is 0.356 e. The minimum absolute atomic E-state index is 0. The summed E-state index contributed by atoms with van der Waals surface area (Å²) in [7, 11) is 0. The van der Waals surface area contributed by atoms with Gasteiger partial charge in [-0.25, -0.2) is 0 Å². The molecule has 0 spiro atoms. The van der Waals surface area contributed by atoms with E-state index in [0.717, 1.165) is 0 Å². The molecule has 0 amide bonds. The van der Waals surface area contributed by atoms with Gasteiger partial charge in [-0.2, -0.15) is 0 Å². The summed E-state index contributed by atoms with van der Waals surface area (Å²) in [4.78, 5) is 24.8. The molecule has 0 N–H and O–H groups in total. The summed E-state index contributed by atoms with van der Waals surface area (Å²) in [6.45, 7) is 0. The Labute approximate surface area is 112 Å². The minimum atomic E-state index is -1.75. The van der Waals surface area contributed by atoms with Gasteiger partial charge in [-0.15, -0.1) is 0 Å². The third-order valence-corrected chi connectivity index (χ3v) is 0. The van der Waals surface area contributed by atoms with Crippen LogP contribution in [0, 0.1) is 46.0 Å². The fourth-order valence-electron chi connectivity index (χ4n) is 0. The SMILES string of the molecule is O=[N+]([O-])[O-].O=[N+]([O-])[O-].O=[N+]([O-])[O-].[Co+2].[Fe+2].[Mn+2]. The van der Waals surface area contributed by atoms with Gasteiger partial charge in [0.15, 0.2) is 0 Å². The van der Waals surface area contributed by atoms with E-state index in [1.807, 2.05) is 0 Å². The van der Waals surface area contributed by atoms with E-state index in [0.29, 0.717) is 0 Å². The van der Waals surface area contributed by atoms with Crippen molar-refractivity contribution in [3.8, 4) is 0 Å². The first-order valence-electron chi connectivity index (χ1n) is 1.64. The Morgan fingerprint density at radius 2 is 0.600 bits per heavy atom. The van der Waals surface area contributed by atoms with Gasteiger partial charge in [0.25, 0.3) is 0 Å². The summed E-state index contributed by atoms with van der Waals surface area (Å²) in [6, 6.07) is 0. The number of rotatable bonds is 0. The molecule has 0 aromatic carbocycles. The Kier molecular flexibility index (Phi) is 71.8. The average Bonchev–Trinajstić information content (AvgIpc) is 1.54. The molecule has 0 aliphatic heterocycles. The predicted molar refractivity (Wildman–Crippen MR) is 31.1 cm³/mol. The molecule has 0 rings (SSSR count). The van der Waals surface area contributed by atoms with Gasteiger partial charge in [0, 0.05) is 0 Å². The Balaban J connectivity index is -0.0000000184. The van der Waals surface area contributed by atoms with Gasteiger partial charge < -0.3 is 46.0 Å². The largest absolute Gasteiger partial charge is 2.00 e. The molecule has 0 aromatic heterocycles. The van der Waals surface area contributed by atoms with E-state index >= 15 is 0 Å². The van der Waals surface area contributed by atoms with E-state index in [-0.39, 0.29) is 50.9 Å². The summed E-state index contributed by atoms with van der Waals surface area (Å²) < 4.78 is 0. The van der Waals surface area contributed by atoms with Crippen LogP contribution in [0.25, 0.3) is 0 Å². The molecule has 2 radical (unpaired) electrons.